The Balaban J connectivity index is 0.000000211. The number of H-pyrrole nitrogens is 2. The SMILES string of the molecule is O=c1[nH]cccc1CCO.O=c1[nH]ccnc1C(F)(F)F. The summed E-state index contributed by atoms with van der Waals surface area (Å²) in [5.74, 6) is 0. The number of aliphatic hydroxyl groups excluding tert-OH is 1. The minimum atomic E-state index is -4.67. The molecular weight excluding hydrogens is 291 g/mol. The normalized spacial score (nSPS) is 10.7. The van der Waals surface area contributed by atoms with E-state index in [1.54, 1.807) is 18.3 Å². The summed E-state index contributed by atoms with van der Waals surface area (Å²) in [6, 6.07) is 3.45. The Morgan fingerprint density at radius 1 is 1.14 bits per heavy atom. The van der Waals surface area contributed by atoms with Crippen LogP contribution in [0.1, 0.15) is 11.3 Å². The summed E-state index contributed by atoms with van der Waals surface area (Å²) in [4.78, 5) is 28.5. The van der Waals surface area contributed by atoms with Crippen LogP contribution in [0.15, 0.2) is 40.3 Å². The molecule has 0 aliphatic rings. The van der Waals surface area contributed by atoms with Gasteiger partial charge < -0.3 is 15.1 Å². The van der Waals surface area contributed by atoms with Gasteiger partial charge in [-0.05, 0) is 6.07 Å². The van der Waals surface area contributed by atoms with Crippen LogP contribution < -0.4 is 11.1 Å². The molecule has 0 spiro atoms. The predicted octanol–water partition coefficient (Wildman–Crippen LogP) is 0.698. The van der Waals surface area contributed by atoms with Crippen molar-refractivity contribution in [2.24, 2.45) is 0 Å². The van der Waals surface area contributed by atoms with E-state index in [9.17, 15) is 22.8 Å². The molecule has 0 saturated carbocycles. The lowest BCUT2D eigenvalue weighted by Gasteiger charge is -2.01. The third kappa shape index (κ3) is 5.22. The molecule has 2 aromatic rings. The highest BCUT2D eigenvalue weighted by Gasteiger charge is 2.35. The molecule has 0 atom stereocenters. The number of rotatable bonds is 2. The van der Waals surface area contributed by atoms with Crippen LogP contribution in [0.3, 0.4) is 0 Å². The maximum atomic E-state index is 11.8. The molecule has 0 saturated heterocycles. The second-order valence-corrected chi connectivity index (χ2v) is 3.76. The van der Waals surface area contributed by atoms with Gasteiger partial charge in [0.25, 0.3) is 11.1 Å². The van der Waals surface area contributed by atoms with Crippen LogP contribution in [0.5, 0.6) is 0 Å². The van der Waals surface area contributed by atoms with E-state index in [1.807, 2.05) is 4.98 Å². The molecule has 0 fully saturated rings. The average Bonchev–Trinajstić information content (AvgIpc) is 2.42. The third-order valence-electron chi connectivity index (χ3n) is 2.26. The topological polar surface area (TPSA) is 98.8 Å². The van der Waals surface area contributed by atoms with E-state index in [0.717, 1.165) is 12.4 Å². The fraction of sp³-hybridized carbons (Fsp3) is 0.250. The molecule has 0 aromatic carbocycles. The predicted molar refractivity (Wildman–Crippen MR) is 67.7 cm³/mol. The molecule has 2 heterocycles. The quantitative estimate of drug-likeness (QED) is 0.760. The van der Waals surface area contributed by atoms with Gasteiger partial charge in [0.15, 0.2) is 0 Å². The highest BCUT2D eigenvalue weighted by molar-refractivity contribution is 5.08. The number of hydrogen-bond acceptors (Lipinski definition) is 4. The zero-order chi connectivity index (χ0) is 15.9. The highest BCUT2D eigenvalue weighted by Crippen LogP contribution is 2.23. The van der Waals surface area contributed by atoms with Crippen molar-refractivity contribution in [1.82, 2.24) is 15.0 Å². The average molecular weight is 303 g/mol. The van der Waals surface area contributed by atoms with E-state index in [2.05, 4.69) is 9.97 Å². The van der Waals surface area contributed by atoms with Gasteiger partial charge in [-0.25, -0.2) is 4.98 Å². The van der Waals surface area contributed by atoms with Crippen molar-refractivity contribution in [3.63, 3.8) is 0 Å². The van der Waals surface area contributed by atoms with Gasteiger partial charge in [-0.1, -0.05) is 6.07 Å². The second-order valence-electron chi connectivity index (χ2n) is 3.76. The summed E-state index contributed by atoms with van der Waals surface area (Å²) in [5.41, 5.74) is -2.12. The fourth-order valence-corrected chi connectivity index (χ4v) is 1.33. The van der Waals surface area contributed by atoms with Crippen molar-refractivity contribution in [2.45, 2.75) is 12.6 Å². The van der Waals surface area contributed by atoms with Crippen molar-refractivity contribution in [1.29, 1.82) is 0 Å². The number of hydrogen-bond donors (Lipinski definition) is 3. The van der Waals surface area contributed by atoms with Gasteiger partial charge in [-0.15, -0.1) is 0 Å². The van der Waals surface area contributed by atoms with Crippen molar-refractivity contribution in [3.8, 4) is 0 Å². The van der Waals surface area contributed by atoms with Gasteiger partial charge in [-0.2, -0.15) is 13.2 Å². The van der Waals surface area contributed by atoms with Crippen LogP contribution in [-0.2, 0) is 12.6 Å². The first-order chi connectivity index (χ1) is 9.86. The molecule has 0 unspecified atom stereocenters. The molecule has 2 rings (SSSR count). The summed E-state index contributed by atoms with van der Waals surface area (Å²) in [6.07, 6.45) is -0.754. The van der Waals surface area contributed by atoms with E-state index in [-0.39, 0.29) is 12.2 Å². The van der Waals surface area contributed by atoms with Crippen molar-refractivity contribution < 1.29 is 18.3 Å². The van der Waals surface area contributed by atoms with E-state index >= 15 is 0 Å². The van der Waals surface area contributed by atoms with Gasteiger partial charge in [0.05, 0.1) is 0 Å². The first kappa shape index (κ1) is 16.6. The molecule has 2 aromatic heterocycles. The summed E-state index contributed by atoms with van der Waals surface area (Å²) in [7, 11) is 0. The van der Waals surface area contributed by atoms with Gasteiger partial charge in [0.1, 0.15) is 0 Å². The number of pyridine rings is 1. The Kier molecular flexibility index (Phi) is 5.85. The molecule has 21 heavy (non-hydrogen) atoms. The Hall–Kier alpha value is -2.42. The van der Waals surface area contributed by atoms with Crippen LogP contribution in [0.25, 0.3) is 0 Å². The Bertz CT molecular complexity index is 679. The molecule has 6 nitrogen and oxygen atoms in total. The first-order valence-electron chi connectivity index (χ1n) is 5.74. The monoisotopic (exact) mass is 303 g/mol. The van der Waals surface area contributed by atoms with E-state index in [4.69, 9.17) is 5.11 Å². The molecular formula is C12H12F3N3O3. The second kappa shape index (κ2) is 7.39. The number of nitrogens with one attached hydrogen (secondary N) is 2. The Morgan fingerprint density at radius 3 is 2.29 bits per heavy atom. The van der Waals surface area contributed by atoms with Crippen LogP contribution in [0.4, 0.5) is 13.2 Å². The van der Waals surface area contributed by atoms with Crippen molar-refractivity contribution >= 4 is 0 Å². The standard InChI is InChI=1S/C7H9NO2.C5H3F3N2O/c9-5-3-6-2-1-4-8-7(6)10;6-5(7,8)3-4(11)10-2-1-9-3/h1-2,4,9H,3,5H2,(H,8,10);1-2H,(H,10,11). The minimum Gasteiger partial charge on any atom is -0.396 e. The minimum absolute atomic E-state index is 0.0209. The molecule has 3 N–H and O–H groups in total. The number of aromatic amines is 2. The van der Waals surface area contributed by atoms with E-state index < -0.39 is 17.4 Å². The van der Waals surface area contributed by atoms with Gasteiger partial charge in [-0.3, -0.25) is 9.59 Å². The van der Waals surface area contributed by atoms with Crippen LogP contribution in [0.2, 0.25) is 0 Å². The maximum absolute atomic E-state index is 11.8. The fourth-order valence-electron chi connectivity index (χ4n) is 1.33. The summed E-state index contributed by atoms with van der Waals surface area (Å²) in [5, 5.41) is 8.49. The zero-order valence-electron chi connectivity index (χ0n) is 10.6. The largest absolute Gasteiger partial charge is 0.438 e. The molecule has 0 amide bonds. The Labute approximate surface area is 116 Å². The lowest BCUT2D eigenvalue weighted by Crippen LogP contribution is -2.22. The lowest BCUT2D eigenvalue weighted by molar-refractivity contribution is -0.142. The third-order valence-corrected chi connectivity index (χ3v) is 2.26. The molecule has 0 aliphatic carbocycles. The van der Waals surface area contributed by atoms with Crippen LogP contribution in [0, 0.1) is 0 Å². The van der Waals surface area contributed by atoms with Gasteiger partial charge in [0.2, 0.25) is 5.69 Å². The summed E-state index contributed by atoms with van der Waals surface area (Å²) < 4.78 is 35.3. The van der Waals surface area contributed by atoms with E-state index in [1.165, 1.54) is 0 Å². The van der Waals surface area contributed by atoms with Gasteiger partial charge in [0, 0.05) is 37.2 Å². The molecule has 0 radical (unpaired) electrons. The number of aromatic nitrogens is 3. The van der Waals surface area contributed by atoms with Crippen LogP contribution in [-0.4, -0.2) is 26.7 Å². The molecule has 114 valence electrons. The van der Waals surface area contributed by atoms with Gasteiger partial charge >= 0.3 is 6.18 Å². The molecule has 9 heteroatoms. The summed E-state index contributed by atoms with van der Waals surface area (Å²) in [6.45, 7) is 0.0209. The number of halogens is 3. The maximum Gasteiger partial charge on any atom is 0.438 e. The summed E-state index contributed by atoms with van der Waals surface area (Å²) >= 11 is 0. The highest BCUT2D eigenvalue weighted by atomic mass is 19.4. The smallest absolute Gasteiger partial charge is 0.396 e. The number of alkyl halides is 3. The van der Waals surface area contributed by atoms with E-state index in [0.29, 0.717) is 12.0 Å². The van der Waals surface area contributed by atoms with Crippen LogP contribution >= 0.6 is 0 Å². The molecule has 0 aliphatic heterocycles. The lowest BCUT2D eigenvalue weighted by atomic mass is 10.2. The number of nitrogens with zero attached hydrogens (tertiary/aromatic N) is 1. The first-order valence-corrected chi connectivity index (χ1v) is 5.74. The number of aliphatic hydroxyl groups is 1. The molecule has 0 bridgehead atoms. The van der Waals surface area contributed by atoms with Crippen molar-refractivity contribution in [2.75, 3.05) is 6.61 Å². The zero-order valence-corrected chi connectivity index (χ0v) is 10.6. The van der Waals surface area contributed by atoms with Crippen molar-refractivity contribution in [3.05, 3.63) is 62.7 Å². The Morgan fingerprint density at radius 2 is 1.81 bits per heavy atom.